The lowest BCUT2D eigenvalue weighted by Gasteiger charge is -2.11. The minimum Gasteiger partial charge on any atom is -0.452 e. The molecule has 0 amide bonds. The highest BCUT2D eigenvalue weighted by Gasteiger charge is 2.31. The molecule has 1 N–H and O–H groups in total. The lowest BCUT2D eigenvalue weighted by Crippen LogP contribution is -2.11. The van der Waals surface area contributed by atoms with Gasteiger partial charge in [0.2, 0.25) is 0 Å². The quantitative estimate of drug-likeness (QED) is 0.407. The molecule has 0 aliphatic rings. The van der Waals surface area contributed by atoms with Gasteiger partial charge in [-0.1, -0.05) is 6.07 Å². The Labute approximate surface area is 188 Å². The topological polar surface area (TPSA) is 84.9 Å². The van der Waals surface area contributed by atoms with Gasteiger partial charge in [-0.25, -0.2) is 18.7 Å². The van der Waals surface area contributed by atoms with Crippen LogP contribution in [-0.4, -0.2) is 20.7 Å². The second-order valence-corrected chi connectivity index (χ2v) is 7.32. The van der Waals surface area contributed by atoms with Gasteiger partial charge < -0.3 is 9.72 Å². The third-order valence-electron chi connectivity index (χ3n) is 4.82. The van der Waals surface area contributed by atoms with Crippen LogP contribution in [-0.2, 0) is 23.8 Å². The van der Waals surface area contributed by atoms with Crippen molar-refractivity contribution in [3.8, 4) is 11.5 Å². The van der Waals surface area contributed by atoms with Crippen molar-refractivity contribution < 1.29 is 31.5 Å². The van der Waals surface area contributed by atoms with Crippen LogP contribution in [0.25, 0.3) is 11.2 Å². The van der Waals surface area contributed by atoms with Gasteiger partial charge in [0.1, 0.15) is 17.1 Å². The van der Waals surface area contributed by atoms with E-state index in [1.807, 2.05) is 0 Å². The minimum absolute atomic E-state index is 0.129. The molecule has 0 bridgehead atoms. The normalized spacial score (nSPS) is 11.6. The summed E-state index contributed by atoms with van der Waals surface area (Å²) in [5.41, 5.74) is -1.35. The number of benzene rings is 2. The Hall–Kier alpha value is -4.15. The first kappa shape index (κ1) is 23.0. The van der Waals surface area contributed by atoms with Crippen LogP contribution in [0.3, 0.4) is 0 Å². The van der Waals surface area contributed by atoms with Crippen LogP contribution in [0.15, 0.2) is 59.7 Å². The van der Waals surface area contributed by atoms with Crippen LogP contribution in [0.5, 0.6) is 11.5 Å². The minimum atomic E-state index is -4.67. The first-order chi connectivity index (χ1) is 16.1. The second kappa shape index (κ2) is 9.00. The fourth-order valence-corrected chi connectivity index (χ4v) is 3.25. The van der Waals surface area contributed by atoms with Gasteiger partial charge in [-0.3, -0.25) is 9.59 Å². The van der Waals surface area contributed by atoms with Gasteiger partial charge in [0.25, 0.3) is 5.56 Å². The fourth-order valence-electron chi connectivity index (χ4n) is 3.25. The van der Waals surface area contributed by atoms with Crippen molar-refractivity contribution in [2.75, 3.05) is 0 Å². The van der Waals surface area contributed by atoms with E-state index in [2.05, 4.69) is 15.0 Å². The van der Waals surface area contributed by atoms with Crippen molar-refractivity contribution >= 4 is 16.9 Å². The van der Waals surface area contributed by atoms with Gasteiger partial charge in [-0.2, -0.15) is 13.2 Å². The van der Waals surface area contributed by atoms with Gasteiger partial charge in [0, 0.05) is 25.1 Å². The largest absolute Gasteiger partial charge is 0.452 e. The molecule has 2 aromatic carbocycles. The van der Waals surface area contributed by atoms with Crippen LogP contribution in [0.4, 0.5) is 22.0 Å². The molecule has 0 aliphatic carbocycles. The number of aromatic amines is 1. The fraction of sp³-hybridized carbons (Fsp3) is 0.130. The number of Topliss-reactive ketones (excluding diaryl/α,β-unsaturated/α-hetero) is 1. The number of alkyl halides is 3. The number of carbonyl (C=O) groups is 1. The number of ketones is 1. The van der Waals surface area contributed by atoms with Crippen molar-refractivity contribution in [1.29, 1.82) is 0 Å². The number of nitrogens with zero attached hydrogens (tertiary/aromatic N) is 2. The number of H-pyrrole nitrogens is 1. The number of hydrogen-bond acceptors (Lipinski definition) is 5. The number of fused-ring (bicyclic) bond motifs is 1. The zero-order chi connectivity index (χ0) is 24.5. The summed E-state index contributed by atoms with van der Waals surface area (Å²) in [6, 6.07) is 6.97. The molecule has 0 aliphatic heterocycles. The van der Waals surface area contributed by atoms with Gasteiger partial charge in [0.15, 0.2) is 23.0 Å². The van der Waals surface area contributed by atoms with Crippen LogP contribution in [0.2, 0.25) is 0 Å². The SMILES string of the molecule is O=C(Cc1ccc(Oc2ccnc3[nH]c(=O)cnc23)c(F)c1)Cc1cc(C(F)(F)F)ccc1F. The van der Waals surface area contributed by atoms with Crippen molar-refractivity contribution in [2.24, 2.45) is 0 Å². The number of carbonyl (C=O) groups excluding carboxylic acids is 1. The molecule has 34 heavy (non-hydrogen) atoms. The van der Waals surface area contributed by atoms with E-state index in [-0.39, 0.29) is 34.6 Å². The molecule has 4 rings (SSSR count). The lowest BCUT2D eigenvalue weighted by atomic mass is 10.0. The smallest absolute Gasteiger partial charge is 0.416 e. The van der Waals surface area contributed by atoms with E-state index >= 15 is 0 Å². The van der Waals surface area contributed by atoms with E-state index in [9.17, 15) is 31.5 Å². The molecule has 6 nitrogen and oxygen atoms in total. The maximum Gasteiger partial charge on any atom is 0.416 e. The summed E-state index contributed by atoms with van der Waals surface area (Å²) in [7, 11) is 0. The van der Waals surface area contributed by atoms with Crippen molar-refractivity contribution in [1.82, 2.24) is 15.0 Å². The monoisotopic (exact) mass is 475 g/mol. The van der Waals surface area contributed by atoms with Crippen LogP contribution >= 0.6 is 0 Å². The highest BCUT2D eigenvalue weighted by molar-refractivity contribution is 5.83. The predicted molar refractivity (Wildman–Crippen MR) is 110 cm³/mol. The maximum atomic E-state index is 14.6. The molecule has 174 valence electrons. The summed E-state index contributed by atoms with van der Waals surface area (Å²) in [6.45, 7) is 0. The molecule has 0 unspecified atom stereocenters. The third-order valence-corrected chi connectivity index (χ3v) is 4.82. The molecular formula is C23H14F5N3O3. The summed E-state index contributed by atoms with van der Waals surface area (Å²) in [4.78, 5) is 34.0. The molecule has 11 heteroatoms. The number of ether oxygens (including phenoxy) is 1. The van der Waals surface area contributed by atoms with Crippen LogP contribution < -0.4 is 10.3 Å². The van der Waals surface area contributed by atoms with Crippen molar-refractivity contribution in [2.45, 2.75) is 19.0 Å². The Morgan fingerprint density at radius 2 is 1.74 bits per heavy atom. The van der Waals surface area contributed by atoms with E-state index in [1.54, 1.807) is 0 Å². The van der Waals surface area contributed by atoms with Crippen molar-refractivity contribution in [3.05, 3.63) is 93.5 Å². The summed E-state index contributed by atoms with van der Waals surface area (Å²) in [5, 5.41) is 0. The first-order valence-electron chi connectivity index (χ1n) is 9.78. The average Bonchev–Trinajstić information content (AvgIpc) is 2.76. The summed E-state index contributed by atoms with van der Waals surface area (Å²) in [5.74, 6) is -2.41. The molecule has 0 spiro atoms. The number of rotatable bonds is 6. The molecule has 0 saturated heterocycles. The second-order valence-electron chi connectivity index (χ2n) is 7.32. The van der Waals surface area contributed by atoms with E-state index in [0.29, 0.717) is 18.2 Å². The number of nitrogens with one attached hydrogen (secondary N) is 1. The van der Waals surface area contributed by atoms with Gasteiger partial charge in [-0.05, 0) is 41.5 Å². The van der Waals surface area contributed by atoms with Gasteiger partial charge in [-0.15, -0.1) is 0 Å². The van der Waals surface area contributed by atoms with E-state index in [4.69, 9.17) is 4.74 Å². The lowest BCUT2D eigenvalue weighted by molar-refractivity contribution is -0.137. The number of hydrogen-bond donors (Lipinski definition) is 1. The van der Waals surface area contributed by atoms with E-state index < -0.39 is 46.7 Å². The zero-order valence-corrected chi connectivity index (χ0v) is 17.1. The molecule has 0 saturated carbocycles. The highest BCUT2D eigenvalue weighted by Crippen LogP contribution is 2.31. The standard InChI is InChI=1S/C23H14F5N3O3/c24-16-3-2-14(23(26,27)28)9-13(16)10-15(32)7-12-1-4-18(17(25)8-12)34-19-5-6-29-22-21(19)30-11-20(33)31-22/h1-6,8-9,11H,7,10H2,(H,29,31,33). The Bertz CT molecular complexity index is 1450. The molecular weight excluding hydrogens is 461 g/mol. The van der Waals surface area contributed by atoms with Crippen molar-refractivity contribution in [3.63, 3.8) is 0 Å². The maximum absolute atomic E-state index is 14.6. The Balaban J connectivity index is 1.49. The summed E-state index contributed by atoms with van der Waals surface area (Å²) in [6.07, 6.45) is -3.21. The number of aromatic nitrogens is 3. The number of pyridine rings is 1. The first-order valence-corrected chi connectivity index (χ1v) is 9.78. The Morgan fingerprint density at radius 1 is 0.941 bits per heavy atom. The Morgan fingerprint density at radius 3 is 2.47 bits per heavy atom. The molecule has 0 atom stereocenters. The number of halogens is 5. The molecule has 0 radical (unpaired) electrons. The summed E-state index contributed by atoms with van der Waals surface area (Å²) >= 11 is 0. The zero-order valence-electron chi connectivity index (χ0n) is 17.1. The molecule has 0 fully saturated rings. The van der Waals surface area contributed by atoms with E-state index in [1.165, 1.54) is 24.4 Å². The summed E-state index contributed by atoms with van der Waals surface area (Å²) < 4.78 is 72.6. The van der Waals surface area contributed by atoms with Crippen LogP contribution in [0, 0.1) is 11.6 Å². The molecule has 2 heterocycles. The van der Waals surface area contributed by atoms with Gasteiger partial charge in [0.05, 0.1) is 11.8 Å². The molecule has 4 aromatic rings. The van der Waals surface area contributed by atoms with Crippen LogP contribution in [0.1, 0.15) is 16.7 Å². The van der Waals surface area contributed by atoms with E-state index in [0.717, 1.165) is 12.3 Å². The molecule has 2 aromatic heterocycles. The highest BCUT2D eigenvalue weighted by atomic mass is 19.4. The Kier molecular flexibility index (Phi) is 6.10. The third kappa shape index (κ3) is 5.08. The average molecular weight is 475 g/mol. The predicted octanol–water partition coefficient (Wildman–Crippen LogP) is 4.76. The van der Waals surface area contributed by atoms with Gasteiger partial charge >= 0.3 is 6.18 Å².